The van der Waals surface area contributed by atoms with E-state index in [1.807, 2.05) is 19.1 Å². The lowest BCUT2D eigenvalue weighted by atomic mass is 10.0. The number of hydrogen-bond acceptors (Lipinski definition) is 8. The third kappa shape index (κ3) is 7.47. The second-order valence-electron chi connectivity index (χ2n) is 9.13. The van der Waals surface area contributed by atoms with Gasteiger partial charge in [-0.2, -0.15) is 0 Å². The summed E-state index contributed by atoms with van der Waals surface area (Å²) in [5.41, 5.74) is 4.41. The van der Waals surface area contributed by atoms with Gasteiger partial charge in [-0.05, 0) is 68.4 Å². The summed E-state index contributed by atoms with van der Waals surface area (Å²) in [5, 5.41) is 6.58. The number of esters is 1. The summed E-state index contributed by atoms with van der Waals surface area (Å²) in [4.78, 5) is 30.1. The molecule has 0 bridgehead atoms. The number of pyridine rings is 2. The molecule has 36 heavy (non-hydrogen) atoms. The van der Waals surface area contributed by atoms with Crippen LogP contribution in [0.25, 0.3) is 11.1 Å². The summed E-state index contributed by atoms with van der Waals surface area (Å²) in [6.07, 6.45) is 16.4. The quantitative estimate of drug-likeness (QED) is 0.249. The Labute approximate surface area is 213 Å². The van der Waals surface area contributed by atoms with Crippen molar-refractivity contribution < 1.29 is 9.53 Å². The van der Waals surface area contributed by atoms with E-state index in [4.69, 9.17) is 9.72 Å². The number of aromatic nitrogens is 4. The van der Waals surface area contributed by atoms with Gasteiger partial charge >= 0.3 is 5.97 Å². The van der Waals surface area contributed by atoms with Crippen LogP contribution in [0, 0.1) is 0 Å². The summed E-state index contributed by atoms with van der Waals surface area (Å²) < 4.78 is 5.28. The van der Waals surface area contributed by atoms with Crippen LogP contribution >= 0.6 is 0 Å². The lowest BCUT2D eigenvalue weighted by Crippen LogP contribution is -2.32. The average Bonchev–Trinajstić information content (AvgIpc) is 2.92. The van der Waals surface area contributed by atoms with Crippen molar-refractivity contribution in [3.8, 4) is 11.1 Å². The van der Waals surface area contributed by atoms with E-state index < -0.39 is 6.04 Å². The Morgan fingerprint density at radius 3 is 2.61 bits per heavy atom. The molecule has 4 heterocycles. The van der Waals surface area contributed by atoms with Gasteiger partial charge < -0.3 is 15.4 Å². The van der Waals surface area contributed by atoms with Crippen LogP contribution in [0.5, 0.6) is 0 Å². The van der Waals surface area contributed by atoms with E-state index in [1.54, 1.807) is 24.8 Å². The first kappa shape index (κ1) is 25.5. The summed E-state index contributed by atoms with van der Waals surface area (Å²) in [7, 11) is 0. The third-order valence-corrected chi connectivity index (χ3v) is 6.42. The minimum absolute atomic E-state index is 0.258. The van der Waals surface area contributed by atoms with E-state index in [-0.39, 0.29) is 5.97 Å². The molecule has 3 aromatic heterocycles. The number of fused-ring (bicyclic) bond motifs is 1. The lowest BCUT2D eigenvalue weighted by molar-refractivity contribution is -0.144. The van der Waals surface area contributed by atoms with Gasteiger partial charge in [-0.15, -0.1) is 0 Å². The van der Waals surface area contributed by atoms with Gasteiger partial charge in [0.1, 0.15) is 11.9 Å². The van der Waals surface area contributed by atoms with Crippen LogP contribution in [0.2, 0.25) is 0 Å². The van der Waals surface area contributed by atoms with Crippen LogP contribution in [-0.4, -0.2) is 45.1 Å². The average molecular weight is 489 g/mol. The smallest absolute Gasteiger partial charge is 0.328 e. The maximum absolute atomic E-state index is 12.5. The van der Waals surface area contributed by atoms with E-state index in [2.05, 4.69) is 37.7 Å². The molecule has 3 aromatic rings. The van der Waals surface area contributed by atoms with E-state index in [0.717, 1.165) is 68.4 Å². The second kappa shape index (κ2) is 13.5. The van der Waals surface area contributed by atoms with Crippen molar-refractivity contribution in [2.75, 3.05) is 23.8 Å². The van der Waals surface area contributed by atoms with Crippen LogP contribution in [0.1, 0.15) is 63.1 Å². The van der Waals surface area contributed by atoms with Gasteiger partial charge in [0.15, 0.2) is 0 Å². The maximum atomic E-state index is 12.5. The van der Waals surface area contributed by atoms with Gasteiger partial charge in [-0.3, -0.25) is 4.98 Å². The number of carbonyl (C=O) groups is 1. The van der Waals surface area contributed by atoms with E-state index >= 15 is 0 Å². The molecule has 1 atom stereocenters. The Morgan fingerprint density at radius 2 is 1.81 bits per heavy atom. The van der Waals surface area contributed by atoms with Gasteiger partial charge in [0.2, 0.25) is 5.95 Å². The first-order valence-electron chi connectivity index (χ1n) is 13.1. The van der Waals surface area contributed by atoms with Crippen LogP contribution in [0.15, 0.2) is 49.1 Å². The lowest BCUT2D eigenvalue weighted by Gasteiger charge is -2.17. The molecule has 0 fully saturated rings. The first-order chi connectivity index (χ1) is 17.7. The monoisotopic (exact) mass is 488 g/mol. The molecule has 2 N–H and O–H groups in total. The standard InChI is InChI=1S/C28H36N6O2/c1-2-36-27(35)25(34-28-31-19-23(20-32-28)21-14-17-29-18-15-21)11-7-5-3-4-6-10-24-13-12-22-9-8-16-30-26(22)33-24/h12-15,17-20,25H,2-11,16H2,1H3,(H,30,33)(H,31,32,34)/t25-/m0/s1. The zero-order chi connectivity index (χ0) is 25.0. The molecular weight excluding hydrogens is 452 g/mol. The predicted molar refractivity (Wildman–Crippen MR) is 142 cm³/mol. The van der Waals surface area contributed by atoms with Gasteiger partial charge in [0.05, 0.1) is 6.61 Å². The molecule has 1 aliphatic rings. The van der Waals surface area contributed by atoms with Crippen molar-refractivity contribution in [2.45, 2.75) is 70.8 Å². The SMILES string of the molecule is CCOC(=O)[C@H](CCCCCCCc1ccc2c(n1)NCCC2)Nc1ncc(-c2ccncc2)cn1. The van der Waals surface area contributed by atoms with Gasteiger partial charge in [0.25, 0.3) is 0 Å². The number of aryl methyl sites for hydroxylation is 2. The Bertz CT molecular complexity index is 1090. The highest BCUT2D eigenvalue weighted by molar-refractivity contribution is 5.78. The highest BCUT2D eigenvalue weighted by Gasteiger charge is 2.20. The minimum atomic E-state index is -0.455. The third-order valence-electron chi connectivity index (χ3n) is 6.42. The highest BCUT2D eigenvalue weighted by atomic mass is 16.5. The molecule has 0 saturated heterocycles. The Hall–Kier alpha value is -3.55. The van der Waals surface area contributed by atoms with Crippen LogP contribution < -0.4 is 10.6 Å². The normalized spacial score (nSPS) is 13.4. The largest absolute Gasteiger partial charge is 0.464 e. The molecular formula is C28H36N6O2. The molecule has 8 nitrogen and oxygen atoms in total. The van der Waals surface area contributed by atoms with Crippen molar-refractivity contribution in [3.63, 3.8) is 0 Å². The number of ether oxygens (including phenoxy) is 1. The number of carbonyl (C=O) groups excluding carboxylic acids is 1. The minimum Gasteiger partial charge on any atom is -0.464 e. The molecule has 0 radical (unpaired) electrons. The molecule has 0 aliphatic carbocycles. The zero-order valence-electron chi connectivity index (χ0n) is 21.1. The topological polar surface area (TPSA) is 102 Å². The molecule has 190 valence electrons. The van der Waals surface area contributed by atoms with Crippen LogP contribution in [0.4, 0.5) is 11.8 Å². The molecule has 1 aliphatic heterocycles. The maximum Gasteiger partial charge on any atom is 0.328 e. The second-order valence-corrected chi connectivity index (χ2v) is 9.13. The van der Waals surface area contributed by atoms with Crippen LogP contribution in [-0.2, 0) is 22.4 Å². The van der Waals surface area contributed by atoms with Crippen molar-refractivity contribution in [1.29, 1.82) is 0 Å². The highest BCUT2D eigenvalue weighted by Crippen LogP contribution is 2.21. The van der Waals surface area contributed by atoms with Crippen molar-refractivity contribution >= 4 is 17.7 Å². The number of anilines is 2. The van der Waals surface area contributed by atoms with Crippen LogP contribution in [0.3, 0.4) is 0 Å². The molecule has 0 spiro atoms. The van der Waals surface area contributed by atoms with Crippen molar-refractivity contribution in [3.05, 3.63) is 60.3 Å². The Balaban J connectivity index is 1.19. The zero-order valence-corrected chi connectivity index (χ0v) is 21.1. The summed E-state index contributed by atoms with van der Waals surface area (Å²) >= 11 is 0. The Morgan fingerprint density at radius 1 is 1.03 bits per heavy atom. The summed E-state index contributed by atoms with van der Waals surface area (Å²) in [5.74, 6) is 1.25. The first-order valence-corrected chi connectivity index (χ1v) is 13.1. The molecule has 0 unspecified atom stereocenters. The molecule has 8 heteroatoms. The molecule has 0 amide bonds. The van der Waals surface area contributed by atoms with Crippen molar-refractivity contribution in [2.24, 2.45) is 0 Å². The molecule has 0 saturated carbocycles. The van der Waals surface area contributed by atoms with Gasteiger partial charge in [-0.1, -0.05) is 31.7 Å². The Kier molecular flexibility index (Phi) is 9.59. The number of unbranched alkanes of at least 4 members (excludes halogenated alkanes) is 4. The molecule has 0 aromatic carbocycles. The number of nitrogens with zero attached hydrogens (tertiary/aromatic N) is 4. The summed E-state index contributed by atoms with van der Waals surface area (Å²) in [6, 6.07) is 7.77. The van der Waals surface area contributed by atoms with E-state index in [1.165, 1.54) is 17.7 Å². The van der Waals surface area contributed by atoms with Gasteiger partial charge in [-0.25, -0.2) is 19.7 Å². The fraction of sp³-hybridized carbons (Fsp3) is 0.464. The van der Waals surface area contributed by atoms with E-state index in [9.17, 15) is 4.79 Å². The number of hydrogen-bond donors (Lipinski definition) is 2. The fourth-order valence-corrected chi connectivity index (χ4v) is 4.44. The van der Waals surface area contributed by atoms with Gasteiger partial charge in [0, 0.05) is 42.6 Å². The fourth-order valence-electron chi connectivity index (χ4n) is 4.44. The van der Waals surface area contributed by atoms with E-state index in [0.29, 0.717) is 19.0 Å². The predicted octanol–water partition coefficient (Wildman–Crippen LogP) is 5.22. The van der Waals surface area contributed by atoms with Crippen molar-refractivity contribution in [1.82, 2.24) is 19.9 Å². The number of nitrogens with one attached hydrogen (secondary N) is 2. The molecule has 4 rings (SSSR count). The summed E-state index contributed by atoms with van der Waals surface area (Å²) in [6.45, 7) is 3.20. The number of rotatable bonds is 13.